The summed E-state index contributed by atoms with van der Waals surface area (Å²) in [4.78, 5) is 0. The number of rotatable bonds is 2. The fourth-order valence-corrected chi connectivity index (χ4v) is 2.05. The summed E-state index contributed by atoms with van der Waals surface area (Å²) in [5.41, 5.74) is 8.46. The van der Waals surface area contributed by atoms with Gasteiger partial charge in [0.1, 0.15) is 11.2 Å². The minimum absolute atomic E-state index is 0.560. The molecule has 2 aromatic carbocycles. The summed E-state index contributed by atoms with van der Waals surface area (Å²) in [6.07, 6.45) is 3.98. The molecule has 0 bridgehead atoms. The quantitative estimate of drug-likeness (QED) is 0.721. The maximum Gasteiger partial charge on any atom is 0.135 e. The predicted molar refractivity (Wildman–Crippen MR) is 71.8 cm³/mol. The molecule has 0 radical (unpaired) electrons. The van der Waals surface area contributed by atoms with E-state index >= 15 is 0 Å². The first-order valence-corrected chi connectivity index (χ1v) is 5.66. The lowest BCUT2D eigenvalue weighted by atomic mass is 10.1. The molecular weight excluding hydrogens is 210 g/mol. The van der Waals surface area contributed by atoms with E-state index in [-0.39, 0.29) is 0 Å². The number of para-hydroxylation sites is 1. The van der Waals surface area contributed by atoms with Crippen LogP contribution in [0.15, 0.2) is 53.0 Å². The van der Waals surface area contributed by atoms with E-state index in [0.29, 0.717) is 6.54 Å². The van der Waals surface area contributed by atoms with Gasteiger partial charge >= 0.3 is 0 Å². The minimum atomic E-state index is 0.560. The minimum Gasteiger partial charge on any atom is -0.456 e. The Kier molecular flexibility index (Phi) is 2.42. The standard InChI is InChI=1S/C15H13NO/c16-9-3-4-11-7-8-15-13(10-11)12-5-1-2-6-14(12)17-15/h1-8,10H,9,16H2. The third-order valence-electron chi connectivity index (χ3n) is 2.85. The van der Waals surface area contributed by atoms with Gasteiger partial charge in [0, 0.05) is 17.3 Å². The number of hydrogen-bond acceptors (Lipinski definition) is 2. The summed E-state index contributed by atoms with van der Waals surface area (Å²) < 4.78 is 5.76. The Morgan fingerprint density at radius 3 is 2.71 bits per heavy atom. The van der Waals surface area contributed by atoms with Crippen LogP contribution in [0, 0.1) is 0 Å². The lowest BCUT2D eigenvalue weighted by Gasteiger charge is -1.93. The van der Waals surface area contributed by atoms with Crippen LogP contribution in [-0.4, -0.2) is 6.54 Å². The molecule has 1 aromatic heterocycles. The van der Waals surface area contributed by atoms with Crippen molar-refractivity contribution in [2.24, 2.45) is 5.73 Å². The van der Waals surface area contributed by atoms with Crippen molar-refractivity contribution < 1.29 is 4.42 Å². The van der Waals surface area contributed by atoms with Crippen LogP contribution in [0.25, 0.3) is 28.0 Å². The molecule has 2 nitrogen and oxygen atoms in total. The highest BCUT2D eigenvalue weighted by Gasteiger charge is 2.05. The van der Waals surface area contributed by atoms with Crippen molar-refractivity contribution in [3.63, 3.8) is 0 Å². The lowest BCUT2D eigenvalue weighted by molar-refractivity contribution is 0.669. The summed E-state index contributed by atoms with van der Waals surface area (Å²) in [5.74, 6) is 0. The maximum absolute atomic E-state index is 5.76. The van der Waals surface area contributed by atoms with Gasteiger partial charge < -0.3 is 10.2 Å². The Labute approximate surface area is 99.3 Å². The van der Waals surface area contributed by atoms with Crippen LogP contribution in [-0.2, 0) is 0 Å². The van der Waals surface area contributed by atoms with E-state index in [2.05, 4.69) is 12.1 Å². The van der Waals surface area contributed by atoms with E-state index in [1.54, 1.807) is 0 Å². The molecule has 2 N–H and O–H groups in total. The van der Waals surface area contributed by atoms with Crippen LogP contribution < -0.4 is 5.73 Å². The number of benzene rings is 2. The van der Waals surface area contributed by atoms with Crippen LogP contribution in [0.3, 0.4) is 0 Å². The molecule has 1 heterocycles. The van der Waals surface area contributed by atoms with Crippen molar-refractivity contribution in [3.05, 3.63) is 54.1 Å². The Morgan fingerprint density at radius 2 is 1.82 bits per heavy atom. The zero-order valence-electron chi connectivity index (χ0n) is 9.39. The summed E-state index contributed by atoms with van der Waals surface area (Å²) in [6, 6.07) is 14.3. The molecule has 0 spiro atoms. The van der Waals surface area contributed by atoms with Crippen molar-refractivity contribution in [1.82, 2.24) is 0 Å². The molecule has 84 valence electrons. The van der Waals surface area contributed by atoms with E-state index in [0.717, 1.165) is 27.5 Å². The molecule has 0 aliphatic heterocycles. The van der Waals surface area contributed by atoms with E-state index in [4.69, 9.17) is 10.2 Å². The first kappa shape index (κ1) is 10.1. The topological polar surface area (TPSA) is 39.2 Å². The fourth-order valence-electron chi connectivity index (χ4n) is 2.05. The third kappa shape index (κ3) is 1.73. The monoisotopic (exact) mass is 223 g/mol. The van der Waals surface area contributed by atoms with Crippen LogP contribution in [0.1, 0.15) is 5.56 Å². The smallest absolute Gasteiger partial charge is 0.135 e. The molecule has 3 aromatic rings. The summed E-state index contributed by atoms with van der Waals surface area (Å²) >= 11 is 0. The second-order valence-electron chi connectivity index (χ2n) is 3.99. The molecule has 0 atom stereocenters. The average Bonchev–Trinajstić information content (AvgIpc) is 2.74. The van der Waals surface area contributed by atoms with E-state index in [1.165, 1.54) is 0 Å². The number of fused-ring (bicyclic) bond motifs is 3. The Balaban J connectivity index is 2.26. The maximum atomic E-state index is 5.76. The molecule has 0 amide bonds. The largest absolute Gasteiger partial charge is 0.456 e. The first-order valence-electron chi connectivity index (χ1n) is 5.66. The summed E-state index contributed by atoms with van der Waals surface area (Å²) in [6.45, 7) is 0.560. The molecular formula is C15H13NO. The molecule has 0 aliphatic rings. The highest BCUT2D eigenvalue weighted by atomic mass is 16.3. The lowest BCUT2D eigenvalue weighted by Crippen LogP contribution is -1.91. The summed E-state index contributed by atoms with van der Waals surface area (Å²) in [5, 5.41) is 2.31. The summed E-state index contributed by atoms with van der Waals surface area (Å²) in [7, 11) is 0. The molecule has 17 heavy (non-hydrogen) atoms. The predicted octanol–water partition coefficient (Wildman–Crippen LogP) is 3.56. The first-order chi connectivity index (χ1) is 8.38. The highest BCUT2D eigenvalue weighted by Crippen LogP contribution is 2.29. The number of nitrogens with two attached hydrogens (primary N) is 1. The van der Waals surface area contributed by atoms with Gasteiger partial charge in [0.2, 0.25) is 0 Å². The second-order valence-corrected chi connectivity index (χ2v) is 3.99. The van der Waals surface area contributed by atoms with Gasteiger partial charge in [-0.05, 0) is 23.8 Å². The van der Waals surface area contributed by atoms with Gasteiger partial charge in [-0.1, -0.05) is 36.4 Å². The SMILES string of the molecule is NCC=Cc1ccc2oc3ccccc3c2c1. The van der Waals surface area contributed by atoms with Crippen molar-refractivity contribution in [1.29, 1.82) is 0 Å². The molecule has 0 unspecified atom stereocenters. The zero-order chi connectivity index (χ0) is 11.7. The number of furan rings is 1. The number of hydrogen-bond donors (Lipinski definition) is 1. The second kappa shape index (κ2) is 4.07. The van der Waals surface area contributed by atoms with E-state index in [1.807, 2.05) is 42.5 Å². The van der Waals surface area contributed by atoms with Crippen LogP contribution in [0.2, 0.25) is 0 Å². The molecule has 0 aliphatic carbocycles. The Hall–Kier alpha value is -2.06. The van der Waals surface area contributed by atoms with Crippen molar-refractivity contribution in [3.8, 4) is 0 Å². The fraction of sp³-hybridized carbons (Fsp3) is 0.0667. The third-order valence-corrected chi connectivity index (χ3v) is 2.85. The van der Waals surface area contributed by atoms with Crippen molar-refractivity contribution in [2.45, 2.75) is 0 Å². The van der Waals surface area contributed by atoms with Crippen LogP contribution in [0.5, 0.6) is 0 Å². The van der Waals surface area contributed by atoms with Gasteiger partial charge in [-0.3, -0.25) is 0 Å². The Morgan fingerprint density at radius 1 is 1.00 bits per heavy atom. The van der Waals surface area contributed by atoms with Gasteiger partial charge in [0.15, 0.2) is 0 Å². The molecule has 0 fully saturated rings. The normalized spacial score (nSPS) is 11.8. The van der Waals surface area contributed by atoms with Gasteiger partial charge in [-0.2, -0.15) is 0 Å². The van der Waals surface area contributed by atoms with Gasteiger partial charge in [-0.15, -0.1) is 0 Å². The van der Waals surface area contributed by atoms with Crippen molar-refractivity contribution >= 4 is 28.0 Å². The molecule has 3 rings (SSSR count). The highest BCUT2D eigenvalue weighted by molar-refractivity contribution is 6.05. The van der Waals surface area contributed by atoms with Gasteiger partial charge in [0.25, 0.3) is 0 Å². The van der Waals surface area contributed by atoms with Gasteiger partial charge in [0.05, 0.1) is 0 Å². The van der Waals surface area contributed by atoms with Crippen LogP contribution >= 0.6 is 0 Å². The van der Waals surface area contributed by atoms with E-state index < -0.39 is 0 Å². The molecule has 0 saturated heterocycles. The van der Waals surface area contributed by atoms with E-state index in [9.17, 15) is 0 Å². The van der Waals surface area contributed by atoms with Gasteiger partial charge in [-0.25, -0.2) is 0 Å². The zero-order valence-corrected chi connectivity index (χ0v) is 9.39. The molecule has 2 heteroatoms. The van der Waals surface area contributed by atoms with Crippen molar-refractivity contribution in [2.75, 3.05) is 6.54 Å². The average molecular weight is 223 g/mol. The Bertz CT molecular complexity index is 694. The molecule has 0 saturated carbocycles. The van der Waals surface area contributed by atoms with Crippen LogP contribution in [0.4, 0.5) is 0 Å².